The number of carbonyl (C=O) groups excluding carboxylic acids is 1. The molecule has 1 amide bonds. The first kappa shape index (κ1) is 14.1. The Bertz CT molecular complexity index is 991. The largest absolute Gasteiger partial charge is 0.321 e. The fourth-order valence-corrected chi connectivity index (χ4v) is 2.54. The molecule has 2 aromatic heterocycles. The highest BCUT2D eigenvalue weighted by Crippen LogP contribution is 2.19. The summed E-state index contributed by atoms with van der Waals surface area (Å²) in [5.74, 6) is -0.242. The van der Waals surface area contributed by atoms with Gasteiger partial charge in [-0.2, -0.15) is 5.10 Å². The first-order chi connectivity index (χ1) is 11.8. The van der Waals surface area contributed by atoms with E-state index in [0.717, 1.165) is 22.0 Å². The summed E-state index contributed by atoms with van der Waals surface area (Å²) in [5.41, 5.74) is 4.00. The van der Waals surface area contributed by atoms with Gasteiger partial charge in [-0.05, 0) is 29.8 Å². The standard InChI is InChI=1S/C19H14N4O/c24-19(22-16-8-6-15-12-21-23-18(15)10-16)17-9-7-14(11-20-17)13-4-2-1-3-5-13/h1-12H,(H,21,23)(H,22,24). The molecule has 4 aromatic rings. The van der Waals surface area contributed by atoms with Crippen molar-refractivity contribution in [3.63, 3.8) is 0 Å². The van der Waals surface area contributed by atoms with Crippen LogP contribution in [0.4, 0.5) is 5.69 Å². The van der Waals surface area contributed by atoms with Gasteiger partial charge in [-0.25, -0.2) is 0 Å². The van der Waals surface area contributed by atoms with Gasteiger partial charge in [-0.15, -0.1) is 0 Å². The molecule has 116 valence electrons. The Morgan fingerprint density at radius 3 is 2.58 bits per heavy atom. The van der Waals surface area contributed by atoms with Gasteiger partial charge in [0.2, 0.25) is 0 Å². The molecule has 0 unspecified atom stereocenters. The Balaban J connectivity index is 1.53. The molecule has 2 aromatic carbocycles. The number of carbonyl (C=O) groups is 1. The number of nitrogens with one attached hydrogen (secondary N) is 2. The van der Waals surface area contributed by atoms with Crippen molar-refractivity contribution < 1.29 is 4.79 Å². The monoisotopic (exact) mass is 314 g/mol. The maximum absolute atomic E-state index is 12.3. The van der Waals surface area contributed by atoms with E-state index in [1.54, 1.807) is 18.5 Å². The van der Waals surface area contributed by atoms with Gasteiger partial charge in [0, 0.05) is 22.8 Å². The number of benzene rings is 2. The van der Waals surface area contributed by atoms with Crippen molar-refractivity contribution in [2.24, 2.45) is 0 Å². The molecule has 0 bridgehead atoms. The van der Waals surface area contributed by atoms with Gasteiger partial charge in [0.05, 0.1) is 11.7 Å². The van der Waals surface area contributed by atoms with E-state index in [0.29, 0.717) is 11.4 Å². The molecule has 2 heterocycles. The van der Waals surface area contributed by atoms with Crippen LogP contribution < -0.4 is 5.32 Å². The van der Waals surface area contributed by atoms with Crippen LogP contribution in [0.1, 0.15) is 10.5 Å². The average molecular weight is 314 g/mol. The first-order valence-electron chi connectivity index (χ1n) is 7.55. The number of anilines is 1. The lowest BCUT2D eigenvalue weighted by atomic mass is 10.1. The number of hydrogen-bond donors (Lipinski definition) is 2. The second-order valence-electron chi connectivity index (χ2n) is 5.42. The van der Waals surface area contributed by atoms with Gasteiger partial charge in [0.15, 0.2) is 0 Å². The maximum atomic E-state index is 12.3. The van der Waals surface area contributed by atoms with Gasteiger partial charge in [-0.1, -0.05) is 36.4 Å². The number of aromatic nitrogens is 3. The van der Waals surface area contributed by atoms with Crippen LogP contribution in [0.25, 0.3) is 22.0 Å². The third-order valence-electron chi connectivity index (χ3n) is 3.80. The average Bonchev–Trinajstić information content (AvgIpc) is 3.10. The third kappa shape index (κ3) is 2.75. The van der Waals surface area contributed by atoms with Crippen LogP contribution in [-0.4, -0.2) is 21.1 Å². The van der Waals surface area contributed by atoms with E-state index in [1.807, 2.05) is 54.6 Å². The number of nitrogens with zero attached hydrogens (tertiary/aromatic N) is 2. The smallest absolute Gasteiger partial charge is 0.274 e. The summed E-state index contributed by atoms with van der Waals surface area (Å²) in [4.78, 5) is 16.6. The Morgan fingerprint density at radius 1 is 0.917 bits per heavy atom. The van der Waals surface area contributed by atoms with E-state index in [-0.39, 0.29) is 5.91 Å². The minimum Gasteiger partial charge on any atom is -0.321 e. The lowest BCUT2D eigenvalue weighted by Gasteiger charge is -2.06. The van der Waals surface area contributed by atoms with Crippen molar-refractivity contribution in [2.45, 2.75) is 0 Å². The Hall–Kier alpha value is -3.47. The zero-order valence-electron chi connectivity index (χ0n) is 12.7. The van der Waals surface area contributed by atoms with E-state index >= 15 is 0 Å². The quantitative estimate of drug-likeness (QED) is 0.603. The zero-order chi connectivity index (χ0) is 16.4. The summed E-state index contributed by atoms with van der Waals surface area (Å²) in [6.45, 7) is 0. The van der Waals surface area contributed by atoms with E-state index in [2.05, 4.69) is 20.5 Å². The molecule has 0 aliphatic carbocycles. The summed E-state index contributed by atoms with van der Waals surface area (Å²) in [5, 5.41) is 10.7. The number of pyridine rings is 1. The van der Waals surface area contributed by atoms with Gasteiger partial charge in [-0.3, -0.25) is 14.9 Å². The highest BCUT2D eigenvalue weighted by molar-refractivity contribution is 6.03. The molecule has 0 fully saturated rings. The predicted octanol–water partition coefficient (Wildman–Crippen LogP) is 3.88. The number of rotatable bonds is 3. The highest BCUT2D eigenvalue weighted by atomic mass is 16.1. The van der Waals surface area contributed by atoms with Crippen LogP contribution in [0.2, 0.25) is 0 Å². The van der Waals surface area contributed by atoms with Crippen LogP contribution in [0, 0.1) is 0 Å². The molecule has 2 N–H and O–H groups in total. The van der Waals surface area contributed by atoms with Gasteiger partial charge in [0.1, 0.15) is 5.69 Å². The topological polar surface area (TPSA) is 70.7 Å². The normalized spacial score (nSPS) is 10.7. The molecule has 0 aliphatic rings. The van der Waals surface area contributed by atoms with Crippen molar-refractivity contribution in [1.29, 1.82) is 0 Å². The van der Waals surface area contributed by atoms with Gasteiger partial charge < -0.3 is 5.32 Å². The van der Waals surface area contributed by atoms with Crippen molar-refractivity contribution in [1.82, 2.24) is 15.2 Å². The van der Waals surface area contributed by atoms with E-state index in [4.69, 9.17) is 0 Å². The molecule has 0 atom stereocenters. The fourth-order valence-electron chi connectivity index (χ4n) is 2.54. The van der Waals surface area contributed by atoms with Gasteiger partial charge >= 0.3 is 0 Å². The molecule has 0 saturated carbocycles. The molecule has 0 spiro atoms. The molecule has 5 heteroatoms. The molecule has 0 radical (unpaired) electrons. The molecule has 0 aliphatic heterocycles. The van der Waals surface area contributed by atoms with E-state index in [1.165, 1.54) is 0 Å². The Morgan fingerprint density at radius 2 is 1.79 bits per heavy atom. The lowest BCUT2D eigenvalue weighted by Crippen LogP contribution is -2.13. The summed E-state index contributed by atoms with van der Waals surface area (Å²) < 4.78 is 0. The summed E-state index contributed by atoms with van der Waals surface area (Å²) in [6.07, 6.45) is 3.45. The zero-order valence-corrected chi connectivity index (χ0v) is 12.7. The minimum absolute atomic E-state index is 0.242. The number of hydrogen-bond acceptors (Lipinski definition) is 3. The minimum atomic E-state index is -0.242. The molecule has 4 rings (SSSR count). The van der Waals surface area contributed by atoms with Gasteiger partial charge in [0.25, 0.3) is 5.91 Å². The number of aromatic amines is 1. The Kier molecular flexibility index (Phi) is 3.51. The van der Waals surface area contributed by atoms with Crippen LogP contribution in [0.15, 0.2) is 73.1 Å². The van der Waals surface area contributed by atoms with E-state index in [9.17, 15) is 4.79 Å². The molecule has 0 saturated heterocycles. The second kappa shape index (κ2) is 5.96. The summed E-state index contributed by atoms with van der Waals surface area (Å²) >= 11 is 0. The SMILES string of the molecule is O=C(Nc1ccc2cn[nH]c2c1)c1ccc(-c2ccccc2)cn1. The lowest BCUT2D eigenvalue weighted by molar-refractivity contribution is 0.102. The van der Waals surface area contributed by atoms with Crippen LogP contribution >= 0.6 is 0 Å². The molecule has 5 nitrogen and oxygen atoms in total. The Labute approximate surface area is 138 Å². The van der Waals surface area contributed by atoms with Crippen molar-refractivity contribution >= 4 is 22.5 Å². The number of H-pyrrole nitrogens is 1. The van der Waals surface area contributed by atoms with Crippen LogP contribution in [-0.2, 0) is 0 Å². The molecular weight excluding hydrogens is 300 g/mol. The van der Waals surface area contributed by atoms with Crippen LogP contribution in [0.3, 0.4) is 0 Å². The molecular formula is C19H14N4O. The maximum Gasteiger partial charge on any atom is 0.274 e. The highest BCUT2D eigenvalue weighted by Gasteiger charge is 2.09. The second-order valence-corrected chi connectivity index (χ2v) is 5.42. The van der Waals surface area contributed by atoms with Crippen LogP contribution in [0.5, 0.6) is 0 Å². The summed E-state index contributed by atoms with van der Waals surface area (Å²) in [7, 11) is 0. The van der Waals surface area contributed by atoms with Crippen molar-refractivity contribution in [2.75, 3.05) is 5.32 Å². The third-order valence-corrected chi connectivity index (χ3v) is 3.80. The number of fused-ring (bicyclic) bond motifs is 1. The van der Waals surface area contributed by atoms with E-state index < -0.39 is 0 Å². The fraction of sp³-hybridized carbons (Fsp3) is 0. The predicted molar refractivity (Wildman–Crippen MR) is 93.7 cm³/mol. The first-order valence-corrected chi connectivity index (χ1v) is 7.55. The summed E-state index contributed by atoms with van der Waals surface area (Å²) in [6, 6.07) is 19.2. The van der Waals surface area contributed by atoms with Crippen molar-refractivity contribution in [3.05, 3.63) is 78.8 Å². The number of amides is 1. The molecule has 24 heavy (non-hydrogen) atoms. The van der Waals surface area contributed by atoms with Crippen molar-refractivity contribution in [3.8, 4) is 11.1 Å².